The second-order valence-electron chi connectivity index (χ2n) is 1.91. The molecule has 0 N–H and O–H groups in total. The molecule has 0 aliphatic rings. The van der Waals surface area contributed by atoms with Gasteiger partial charge in [0.05, 0.1) is 18.2 Å². The number of hydrogen-bond acceptors (Lipinski definition) is 2. The van der Waals surface area contributed by atoms with Crippen molar-refractivity contribution in [2.45, 2.75) is 6.73 Å². The van der Waals surface area contributed by atoms with E-state index in [0.717, 1.165) is 5.69 Å². The molecule has 1 rings (SSSR count). The molecule has 0 aromatic carbocycles. The summed E-state index contributed by atoms with van der Waals surface area (Å²) in [4.78, 5) is 3.92. The van der Waals surface area contributed by atoms with Gasteiger partial charge in [-0.2, -0.15) is 0 Å². The average molecular weight is 138 g/mol. The maximum Gasteiger partial charge on any atom is 0.123 e. The number of aromatic nitrogens is 2. The lowest BCUT2D eigenvalue weighted by Crippen LogP contribution is -1.99. The van der Waals surface area contributed by atoms with E-state index < -0.39 is 0 Å². The van der Waals surface area contributed by atoms with E-state index in [-0.39, 0.29) is 0 Å². The Labute approximate surface area is 60.0 Å². The molecule has 0 atom stereocenters. The van der Waals surface area contributed by atoms with Crippen LogP contribution in [0.15, 0.2) is 19.1 Å². The number of ether oxygens (including phenoxy) is 1. The molecule has 0 radical (unpaired) electrons. The highest BCUT2D eigenvalue weighted by Gasteiger charge is 1.93. The second kappa shape index (κ2) is 3.17. The lowest BCUT2D eigenvalue weighted by molar-refractivity contribution is 0.130. The zero-order valence-corrected chi connectivity index (χ0v) is 5.95. The third kappa shape index (κ3) is 1.25. The summed E-state index contributed by atoms with van der Waals surface area (Å²) >= 11 is 0. The summed E-state index contributed by atoms with van der Waals surface area (Å²) in [5.41, 5.74) is 0.974. The van der Waals surface area contributed by atoms with Crippen molar-refractivity contribution in [1.82, 2.24) is 9.55 Å². The van der Waals surface area contributed by atoms with E-state index >= 15 is 0 Å². The molecule has 0 bridgehead atoms. The van der Waals surface area contributed by atoms with E-state index in [9.17, 15) is 0 Å². The molecule has 0 saturated carbocycles. The van der Waals surface area contributed by atoms with Crippen molar-refractivity contribution in [2.75, 3.05) is 7.11 Å². The van der Waals surface area contributed by atoms with Gasteiger partial charge in [0.1, 0.15) is 6.73 Å². The first-order valence-electron chi connectivity index (χ1n) is 3.00. The van der Waals surface area contributed by atoms with Crippen LogP contribution < -0.4 is 0 Å². The number of methoxy groups -OCH3 is 1. The Morgan fingerprint density at radius 3 is 3.30 bits per heavy atom. The minimum Gasteiger partial charge on any atom is -0.364 e. The lowest BCUT2D eigenvalue weighted by Gasteiger charge is -2.00. The second-order valence-corrected chi connectivity index (χ2v) is 1.91. The van der Waals surface area contributed by atoms with Gasteiger partial charge in [0, 0.05) is 7.11 Å². The molecule has 10 heavy (non-hydrogen) atoms. The van der Waals surface area contributed by atoms with E-state index in [0.29, 0.717) is 6.73 Å². The maximum absolute atomic E-state index is 4.90. The first-order chi connectivity index (χ1) is 4.88. The molecule has 0 saturated heterocycles. The van der Waals surface area contributed by atoms with Gasteiger partial charge in [0.15, 0.2) is 0 Å². The molecule has 1 heterocycles. The smallest absolute Gasteiger partial charge is 0.123 e. The number of imidazole rings is 1. The first kappa shape index (κ1) is 7.02. The highest BCUT2D eigenvalue weighted by molar-refractivity contribution is 5.40. The summed E-state index contributed by atoms with van der Waals surface area (Å²) in [5.74, 6) is 0. The standard InChI is InChI=1S/C7H10N2O/c1-3-7-4-8-5-9(7)6-10-2/h3-5H,1,6H2,2H3. The summed E-state index contributed by atoms with van der Waals surface area (Å²) in [6, 6.07) is 0. The highest BCUT2D eigenvalue weighted by atomic mass is 16.5. The third-order valence-corrected chi connectivity index (χ3v) is 1.22. The van der Waals surface area contributed by atoms with Gasteiger partial charge in [0.25, 0.3) is 0 Å². The van der Waals surface area contributed by atoms with Gasteiger partial charge in [-0.1, -0.05) is 6.58 Å². The monoisotopic (exact) mass is 138 g/mol. The lowest BCUT2D eigenvalue weighted by atomic mass is 10.5. The van der Waals surface area contributed by atoms with Crippen molar-refractivity contribution in [3.05, 3.63) is 24.8 Å². The summed E-state index contributed by atoms with van der Waals surface area (Å²) < 4.78 is 6.77. The van der Waals surface area contributed by atoms with Crippen LogP contribution in [0.4, 0.5) is 0 Å². The zero-order valence-electron chi connectivity index (χ0n) is 5.95. The van der Waals surface area contributed by atoms with E-state index in [4.69, 9.17) is 4.74 Å². The van der Waals surface area contributed by atoms with Gasteiger partial charge in [-0.25, -0.2) is 4.98 Å². The molecule has 0 amide bonds. The van der Waals surface area contributed by atoms with Gasteiger partial charge in [-0.3, -0.25) is 0 Å². The van der Waals surface area contributed by atoms with Crippen LogP contribution in [0.5, 0.6) is 0 Å². The van der Waals surface area contributed by atoms with Crippen molar-refractivity contribution in [2.24, 2.45) is 0 Å². The normalized spacial score (nSPS) is 9.70. The Morgan fingerprint density at radius 1 is 1.90 bits per heavy atom. The summed E-state index contributed by atoms with van der Waals surface area (Å²) in [7, 11) is 1.65. The molecule has 0 fully saturated rings. The Balaban J connectivity index is 2.79. The van der Waals surface area contributed by atoms with Crippen LogP contribution in [-0.4, -0.2) is 16.7 Å². The van der Waals surface area contributed by atoms with E-state index in [1.807, 2.05) is 4.57 Å². The van der Waals surface area contributed by atoms with Crippen LogP contribution in [0.25, 0.3) is 6.08 Å². The van der Waals surface area contributed by atoms with Gasteiger partial charge in [-0.15, -0.1) is 0 Å². The van der Waals surface area contributed by atoms with Crippen LogP contribution in [0.1, 0.15) is 5.69 Å². The van der Waals surface area contributed by atoms with Crippen molar-refractivity contribution >= 4 is 6.08 Å². The van der Waals surface area contributed by atoms with E-state index in [2.05, 4.69) is 11.6 Å². The van der Waals surface area contributed by atoms with Crippen LogP contribution in [0.3, 0.4) is 0 Å². The molecule has 0 spiro atoms. The van der Waals surface area contributed by atoms with Gasteiger partial charge < -0.3 is 9.30 Å². The van der Waals surface area contributed by atoms with Gasteiger partial charge in [-0.05, 0) is 6.08 Å². The summed E-state index contributed by atoms with van der Waals surface area (Å²) in [5, 5.41) is 0. The molecule has 0 unspecified atom stereocenters. The summed E-state index contributed by atoms with van der Waals surface area (Å²) in [6.45, 7) is 4.16. The fraction of sp³-hybridized carbons (Fsp3) is 0.286. The van der Waals surface area contributed by atoms with Crippen molar-refractivity contribution in [3.63, 3.8) is 0 Å². The van der Waals surface area contributed by atoms with Crippen molar-refractivity contribution in [3.8, 4) is 0 Å². The molecule has 1 aromatic rings. The molecule has 3 nitrogen and oxygen atoms in total. The molecule has 3 heteroatoms. The fourth-order valence-corrected chi connectivity index (χ4v) is 0.748. The number of nitrogens with zero attached hydrogens (tertiary/aromatic N) is 2. The minimum atomic E-state index is 0.529. The summed E-state index contributed by atoms with van der Waals surface area (Å²) in [6.07, 6.45) is 5.19. The third-order valence-electron chi connectivity index (χ3n) is 1.22. The fourth-order valence-electron chi connectivity index (χ4n) is 0.748. The van der Waals surface area contributed by atoms with Crippen molar-refractivity contribution < 1.29 is 4.74 Å². The minimum absolute atomic E-state index is 0.529. The Morgan fingerprint density at radius 2 is 2.70 bits per heavy atom. The van der Waals surface area contributed by atoms with Gasteiger partial charge >= 0.3 is 0 Å². The van der Waals surface area contributed by atoms with E-state index in [1.54, 1.807) is 25.7 Å². The first-order valence-corrected chi connectivity index (χ1v) is 3.00. The molecule has 54 valence electrons. The van der Waals surface area contributed by atoms with Crippen LogP contribution in [0.2, 0.25) is 0 Å². The SMILES string of the molecule is C=Cc1cncn1COC. The van der Waals surface area contributed by atoms with E-state index in [1.165, 1.54) is 0 Å². The molecular formula is C7H10N2O. The highest BCUT2D eigenvalue weighted by Crippen LogP contribution is 1.99. The van der Waals surface area contributed by atoms with Crippen molar-refractivity contribution in [1.29, 1.82) is 0 Å². The quantitative estimate of drug-likeness (QED) is 0.626. The topological polar surface area (TPSA) is 27.1 Å². The van der Waals surface area contributed by atoms with Gasteiger partial charge in [0.2, 0.25) is 0 Å². The predicted molar refractivity (Wildman–Crippen MR) is 39.3 cm³/mol. The molecular weight excluding hydrogens is 128 g/mol. The average Bonchev–Trinajstić information content (AvgIpc) is 2.36. The molecule has 0 aliphatic carbocycles. The largest absolute Gasteiger partial charge is 0.364 e. The maximum atomic E-state index is 4.90. The molecule has 0 aliphatic heterocycles. The number of hydrogen-bond donors (Lipinski definition) is 0. The molecule has 1 aromatic heterocycles. The predicted octanol–water partition coefficient (Wildman–Crippen LogP) is 1.13. The number of rotatable bonds is 3. The van der Waals surface area contributed by atoms with Crippen LogP contribution in [0, 0.1) is 0 Å². The van der Waals surface area contributed by atoms with Crippen LogP contribution in [-0.2, 0) is 11.5 Å². The zero-order chi connectivity index (χ0) is 7.40. The Bertz CT molecular complexity index is 217. The Kier molecular flexibility index (Phi) is 2.23. The van der Waals surface area contributed by atoms with Crippen LogP contribution >= 0.6 is 0 Å². The Hall–Kier alpha value is -1.09.